The third kappa shape index (κ3) is 4.47. The van der Waals surface area contributed by atoms with Crippen LogP contribution in [0.1, 0.15) is 40.5 Å². The molecule has 4 atom stereocenters. The van der Waals surface area contributed by atoms with Crippen molar-refractivity contribution in [3.05, 3.63) is 63.9 Å². The van der Waals surface area contributed by atoms with Crippen molar-refractivity contribution in [2.75, 3.05) is 13.2 Å². The summed E-state index contributed by atoms with van der Waals surface area (Å²) < 4.78 is 73.1. The second kappa shape index (κ2) is 8.70. The Labute approximate surface area is 201 Å². The predicted octanol–water partition coefficient (Wildman–Crippen LogP) is 4.14. The molecule has 3 heterocycles. The summed E-state index contributed by atoms with van der Waals surface area (Å²) >= 11 is 5.65. The van der Waals surface area contributed by atoms with E-state index >= 15 is 0 Å². The first kappa shape index (κ1) is 23.9. The highest BCUT2D eigenvalue weighted by atomic mass is 35.5. The predicted molar refractivity (Wildman–Crippen MR) is 112 cm³/mol. The van der Waals surface area contributed by atoms with Gasteiger partial charge < -0.3 is 15.0 Å². The van der Waals surface area contributed by atoms with Crippen LogP contribution in [0.15, 0.2) is 30.5 Å². The number of nitrogens with zero attached hydrogens (tertiary/aromatic N) is 2. The number of ether oxygens (including phenoxy) is 1. The zero-order chi connectivity index (χ0) is 25.1. The summed E-state index contributed by atoms with van der Waals surface area (Å²) in [5.74, 6) is -3.23. The Morgan fingerprint density at radius 1 is 1.14 bits per heavy atom. The minimum atomic E-state index is -4.73. The number of piperidine rings is 1. The highest BCUT2D eigenvalue weighted by molar-refractivity contribution is 6.30. The lowest BCUT2D eigenvalue weighted by Gasteiger charge is -2.36. The molecule has 186 valence electrons. The maximum absolute atomic E-state index is 14.7. The molecule has 1 saturated carbocycles. The summed E-state index contributed by atoms with van der Waals surface area (Å²) in [5.41, 5.74) is -1.54. The molecule has 12 heteroatoms. The second-order valence-corrected chi connectivity index (χ2v) is 9.43. The normalized spacial score (nSPS) is 24.5. The lowest BCUT2D eigenvalue weighted by atomic mass is 9.90. The van der Waals surface area contributed by atoms with Gasteiger partial charge in [0, 0.05) is 29.3 Å². The molecule has 2 aromatic rings. The van der Waals surface area contributed by atoms with Gasteiger partial charge >= 0.3 is 6.18 Å². The number of likely N-dealkylation sites (tertiary alicyclic amines) is 1. The highest BCUT2D eigenvalue weighted by Gasteiger charge is 2.56. The van der Waals surface area contributed by atoms with E-state index in [0.29, 0.717) is 18.9 Å². The molecule has 3 aliphatic rings. The number of halogens is 6. The molecule has 0 radical (unpaired) electrons. The first-order valence-electron chi connectivity index (χ1n) is 10.9. The van der Waals surface area contributed by atoms with Crippen LogP contribution in [-0.2, 0) is 15.7 Å². The Morgan fingerprint density at radius 3 is 2.54 bits per heavy atom. The van der Waals surface area contributed by atoms with Crippen LogP contribution < -0.4 is 5.32 Å². The average molecular weight is 516 g/mol. The van der Waals surface area contributed by atoms with E-state index in [1.165, 1.54) is 11.0 Å². The van der Waals surface area contributed by atoms with Crippen LogP contribution in [0.25, 0.3) is 0 Å². The SMILES string of the molecule is O=C(NC(c1cc(F)c(Cl)cc1F)C1COC1)[C@H]1C[C@H]2C[C@H]2N1C(=O)c1ccnc(C(F)(F)F)c1. The molecule has 2 saturated heterocycles. The Balaban J connectivity index is 1.39. The number of pyridine rings is 1. The van der Waals surface area contributed by atoms with Crippen molar-refractivity contribution in [1.82, 2.24) is 15.2 Å². The number of benzene rings is 1. The summed E-state index contributed by atoms with van der Waals surface area (Å²) in [6.07, 6.45) is -2.86. The second-order valence-electron chi connectivity index (χ2n) is 9.03. The molecule has 1 aliphatic carbocycles. The van der Waals surface area contributed by atoms with Gasteiger partial charge in [-0.2, -0.15) is 13.2 Å². The zero-order valence-corrected chi connectivity index (χ0v) is 18.7. The molecule has 1 aromatic carbocycles. The largest absolute Gasteiger partial charge is 0.433 e. The maximum Gasteiger partial charge on any atom is 0.433 e. The van der Waals surface area contributed by atoms with Crippen molar-refractivity contribution < 1.29 is 36.3 Å². The molecule has 0 bridgehead atoms. The molecule has 5 rings (SSSR count). The quantitative estimate of drug-likeness (QED) is 0.480. The number of nitrogens with one attached hydrogen (secondary N) is 1. The fourth-order valence-electron chi connectivity index (χ4n) is 4.77. The number of carbonyl (C=O) groups excluding carboxylic acids is 2. The number of rotatable bonds is 5. The zero-order valence-electron chi connectivity index (χ0n) is 18.0. The van der Waals surface area contributed by atoms with Crippen LogP contribution in [0.5, 0.6) is 0 Å². The van der Waals surface area contributed by atoms with Crippen LogP contribution in [0.2, 0.25) is 5.02 Å². The van der Waals surface area contributed by atoms with Gasteiger partial charge in [0.15, 0.2) is 0 Å². The van der Waals surface area contributed by atoms with Gasteiger partial charge in [0.1, 0.15) is 23.4 Å². The highest BCUT2D eigenvalue weighted by Crippen LogP contribution is 2.49. The Hall–Kier alpha value is -2.79. The Bertz CT molecular complexity index is 1190. The summed E-state index contributed by atoms with van der Waals surface area (Å²) in [6, 6.07) is 1.41. The van der Waals surface area contributed by atoms with Gasteiger partial charge in [0.25, 0.3) is 5.91 Å². The van der Waals surface area contributed by atoms with Crippen LogP contribution in [0, 0.1) is 23.5 Å². The molecule has 1 N–H and O–H groups in total. The number of amides is 2. The molecule has 2 aliphatic heterocycles. The fourth-order valence-corrected chi connectivity index (χ4v) is 4.92. The third-order valence-electron chi connectivity index (χ3n) is 6.75. The first-order chi connectivity index (χ1) is 16.5. The van der Waals surface area contributed by atoms with Crippen LogP contribution >= 0.6 is 11.6 Å². The molecular formula is C23H19ClF5N3O3. The van der Waals surface area contributed by atoms with Crippen molar-refractivity contribution in [3.8, 4) is 0 Å². The fraction of sp³-hybridized carbons (Fsp3) is 0.435. The van der Waals surface area contributed by atoms with E-state index in [0.717, 1.165) is 18.3 Å². The van der Waals surface area contributed by atoms with Crippen LogP contribution in [0.3, 0.4) is 0 Å². The Kier molecular flexibility index (Phi) is 5.95. The maximum atomic E-state index is 14.7. The van der Waals surface area contributed by atoms with Crippen molar-refractivity contribution in [2.45, 2.75) is 37.1 Å². The summed E-state index contributed by atoms with van der Waals surface area (Å²) in [5, 5.41) is 2.32. The standard InChI is InChI=1S/C23H19ClF5N3O3/c24-14-7-15(25)13(6-16(14)26)20(12-8-35-9-12)31-21(33)18-4-11-3-17(11)32(18)22(34)10-1-2-30-19(5-10)23(27,28)29/h1-2,5-7,11-12,17-18,20H,3-4,8-9H2,(H,31,33)/t11-,17-,18-,20?/m1/s1. The molecule has 2 amide bonds. The minimum absolute atomic E-state index is 0.0498. The molecule has 0 spiro atoms. The minimum Gasteiger partial charge on any atom is -0.381 e. The molecular weight excluding hydrogens is 497 g/mol. The van der Waals surface area contributed by atoms with E-state index in [2.05, 4.69) is 10.3 Å². The summed E-state index contributed by atoms with van der Waals surface area (Å²) in [7, 11) is 0. The monoisotopic (exact) mass is 515 g/mol. The van der Waals surface area contributed by atoms with Gasteiger partial charge in [-0.15, -0.1) is 0 Å². The topological polar surface area (TPSA) is 71.5 Å². The van der Waals surface area contributed by atoms with Gasteiger partial charge in [-0.3, -0.25) is 14.6 Å². The summed E-state index contributed by atoms with van der Waals surface area (Å²) in [6.45, 7) is 0.425. The van der Waals surface area contributed by atoms with Crippen molar-refractivity contribution in [3.63, 3.8) is 0 Å². The van der Waals surface area contributed by atoms with Crippen molar-refractivity contribution in [1.29, 1.82) is 0 Å². The molecule has 35 heavy (non-hydrogen) atoms. The molecule has 3 fully saturated rings. The van der Waals surface area contributed by atoms with Gasteiger partial charge in [0.2, 0.25) is 5.91 Å². The number of carbonyl (C=O) groups is 2. The van der Waals surface area contributed by atoms with Crippen molar-refractivity contribution in [2.24, 2.45) is 11.8 Å². The number of hydrogen-bond donors (Lipinski definition) is 1. The third-order valence-corrected chi connectivity index (χ3v) is 7.04. The first-order valence-corrected chi connectivity index (χ1v) is 11.3. The van der Waals surface area contributed by atoms with Crippen LogP contribution in [0.4, 0.5) is 22.0 Å². The lowest BCUT2D eigenvalue weighted by molar-refractivity contribution is -0.141. The van der Waals surface area contributed by atoms with Crippen molar-refractivity contribution >= 4 is 23.4 Å². The van der Waals surface area contributed by atoms with E-state index < -0.39 is 52.4 Å². The van der Waals surface area contributed by atoms with E-state index in [4.69, 9.17) is 16.3 Å². The van der Waals surface area contributed by atoms with E-state index in [1.54, 1.807) is 0 Å². The van der Waals surface area contributed by atoms with E-state index in [-0.39, 0.29) is 42.2 Å². The van der Waals surface area contributed by atoms with Gasteiger partial charge in [-0.05, 0) is 43.0 Å². The lowest BCUT2D eigenvalue weighted by Crippen LogP contribution is -2.51. The Morgan fingerprint density at radius 2 is 1.89 bits per heavy atom. The van der Waals surface area contributed by atoms with Gasteiger partial charge in [-0.25, -0.2) is 8.78 Å². The number of alkyl halides is 3. The van der Waals surface area contributed by atoms with Gasteiger partial charge in [0.05, 0.1) is 24.3 Å². The van der Waals surface area contributed by atoms with E-state index in [1.807, 2.05) is 0 Å². The van der Waals surface area contributed by atoms with Crippen LogP contribution in [-0.4, -0.2) is 47.0 Å². The number of hydrogen-bond acceptors (Lipinski definition) is 4. The number of fused-ring (bicyclic) bond motifs is 1. The molecule has 1 unspecified atom stereocenters. The number of aromatic nitrogens is 1. The summed E-state index contributed by atoms with van der Waals surface area (Å²) in [4.78, 5) is 31.0. The smallest absolute Gasteiger partial charge is 0.381 e. The van der Waals surface area contributed by atoms with Gasteiger partial charge in [-0.1, -0.05) is 11.6 Å². The van der Waals surface area contributed by atoms with E-state index in [9.17, 15) is 31.5 Å². The molecule has 1 aromatic heterocycles. The molecule has 6 nitrogen and oxygen atoms in total. The average Bonchev–Trinajstić information content (AvgIpc) is 3.43.